The van der Waals surface area contributed by atoms with Crippen LogP contribution in [-0.4, -0.2) is 25.7 Å². The fourth-order valence-corrected chi connectivity index (χ4v) is 2.37. The van der Waals surface area contributed by atoms with Crippen LogP contribution in [0.1, 0.15) is 0 Å². The van der Waals surface area contributed by atoms with Crippen molar-refractivity contribution in [2.45, 2.75) is 6.10 Å². The molecular formula is C16H14ClNO4. The number of anilines is 1. The molecule has 2 aromatic rings. The molecule has 1 atom stereocenters. The summed E-state index contributed by atoms with van der Waals surface area (Å²) in [5.41, 5.74) is 0.568. The molecule has 0 saturated heterocycles. The van der Waals surface area contributed by atoms with Gasteiger partial charge in [-0.3, -0.25) is 4.79 Å². The van der Waals surface area contributed by atoms with Gasteiger partial charge >= 0.3 is 0 Å². The van der Waals surface area contributed by atoms with Gasteiger partial charge < -0.3 is 19.5 Å². The summed E-state index contributed by atoms with van der Waals surface area (Å²) in [5.74, 6) is 1.45. The quantitative estimate of drug-likeness (QED) is 0.944. The summed E-state index contributed by atoms with van der Waals surface area (Å²) in [4.78, 5) is 12.3. The molecule has 0 fully saturated rings. The van der Waals surface area contributed by atoms with Crippen LogP contribution in [0, 0.1) is 0 Å². The number of rotatable bonds is 3. The first-order valence-corrected chi connectivity index (χ1v) is 7.08. The van der Waals surface area contributed by atoms with Gasteiger partial charge in [0.15, 0.2) is 11.5 Å². The molecule has 1 N–H and O–H groups in total. The topological polar surface area (TPSA) is 56.8 Å². The van der Waals surface area contributed by atoms with E-state index in [0.29, 0.717) is 28.0 Å². The predicted molar refractivity (Wildman–Crippen MR) is 83.0 cm³/mol. The number of para-hydroxylation sites is 2. The van der Waals surface area contributed by atoms with Gasteiger partial charge in [-0.1, -0.05) is 23.7 Å². The molecule has 0 aliphatic carbocycles. The van der Waals surface area contributed by atoms with Gasteiger partial charge in [0.05, 0.1) is 12.1 Å². The Balaban J connectivity index is 1.69. The Kier molecular flexibility index (Phi) is 4.06. The SMILES string of the molecule is COc1ccc(NC(=O)C2COc3ccccc3O2)cc1Cl. The van der Waals surface area contributed by atoms with Gasteiger partial charge in [-0.25, -0.2) is 0 Å². The Morgan fingerprint density at radius 2 is 2.05 bits per heavy atom. The second-order valence-corrected chi connectivity index (χ2v) is 5.11. The van der Waals surface area contributed by atoms with Crippen molar-refractivity contribution in [1.29, 1.82) is 0 Å². The smallest absolute Gasteiger partial charge is 0.269 e. The summed E-state index contributed by atoms with van der Waals surface area (Å²) in [6.45, 7) is 0.159. The highest BCUT2D eigenvalue weighted by Crippen LogP contribution is 2.31. The highest BCUT2D eigenvalue weighted by molar-refractivity contribution is 6.32. The summed E-state index contributed by atoms with van der Waals surface area (Å²) in [6.07, 6.45) is -0.712. The van der Waals surface area contributed by atoms with Crippen LogP contribution >= 0.6 is 11.6 Å². The van der Waals surface area contributed by atoms with Crippen molar-refractivity contribution in [3.63, 3.8) is 0 Å². The molecule has 3 rings (SSSR count). The van der Waals surface area contributed by atoms with Crippen LogP contribution < -0.4 is 19.5 Å². The summed E-state index contributed by atoms with van der Waals surface area (Å²) in [5, 5.41) is 3.17. The van der Waals surface area contributed by atoms with E-state index in [1.54, 1.807) is 30.3 Å². The normalized spacial score (nSPS) is 16.0. The van der Waals surface area contributed by atoms with E-state index in [1.165, 1.54) is 7.11 Å². The first kappa shape index (κ1) is 14.5. The van der Waals surface area contributed by atoms with Gasteiger partial charge in [-0.2, -0.15) is 0 Å². The lowest BCUT2D eigenvalue weighted by atomic mass is 10.2. The average molecular weight is 320 g/mol. The number of halogens is 1. The molecule has 114 valence electrons. The molecule has 1 aliphatic heterocycles. The second-order valence-electron chi connectivity index (χ2n) is 4.70. The van der Waals surface area contributed by atoms with Gasteiger partial charge in [0, 0.05) is 5.69 Å². The predicted octanol–water partition coefficient (Wildman–Crippen LogP) is 3.13. The van der Waals surface area contributed by atoms with E-state index in [0.717, 1.165) is 0 Å². The van der Waals surface area contributed by atoms with E-state index >= 15 is 0 Å². The van der Waals surface area contributed by atoms with Crippen molar-refractivity contribution in [2.24, 2.45) is 0 Å². The number of methoxy groups -OCH3 is 1. The number of amides is 1. The van der Waals surface area contributed by atoms with E-state index in [-0.39, 0.29) is 12.5 Å². The van der Waals surface area contributed by atoms with Crippen molar-refractivity contribution >= 4 is 23.2 Å². The molecule has 1 unspecified atom stereocenters. The first-order chi connectivity index (χ1) is 10.7. The number of nitrogens with one attached hydrogen (secondary N) is 1. The highest BCUT2D eigenvalue weighted by atomic mass is 35.5. The Morgan fingerprint density at radius 1 is 1.27 bits per heavy atom. The average Bonchev–Trinajstić information content (AvgIpc) is 2.54. The third kappa shape index (κ3) is 2.94. The summed E-state index contributed by atoms with van der Waals surface area (Å²) in [6, 6.07) is 12.3. The van der Waals surface area contributed by atoms with E-state index in [9.17, 15) is 4.79 Å². The van der Waals surface area contributed by atoms with Crippen molar-refractivity contribution in [1.82, 2.24) is 0 Å². The third-order valence-electron chi connectivity index (χ3n) is 3.22. The fourth-order valence-electron chi connectivity index (χ4n) is 2.12. The van der Waals surface area contributed by atoms with Crippen LogP contribution in [0.4, 0.5) is 5.69 Å². The summed E-state index contributed by atoms with van der Waals surface area (Å²) in [7, 11) is 1.53. The highest BCUT2D eigenvalue weighted by Gasteiger charge is 2.27. The van der Waals surface area contributed by atoms with Crippen LogP contribution in [0.15, 0.2) is 42.5 Å². The molecule has 0 spiro atoms. The molecule has 6 heteroatoms. The minimum Gasteiger partial charge on any atom is -0.495 e. The van der Waals surface area contributed by atoms with Gasteiger partial charge in [0.25, 0.3) is 5.91 Å². The van der Waals surface area contributed by atoms with E-state index in [1.807, 2.05) is 12.1 Å². The Labute approximate surface area is 132 Å². The zero-order chi connectivity index (χ0) is 15.5. The summed E-state index contributed by atoms with van der Waals surface area (Å²) >= 11 is 6.03. The van der Waals surface area contributed by atoms with Crippen LogP contribution in [0.5, 0.6) is 17.2 Å². The lowest BCUT2D eigenvalue weighted by Crippen LogP contribution is -2.40. The molecule has 2 aromatic carbocycles. The monoisotopic (exact) mass is 319 g/mol. The third-order valence-corrected chi connectivity index (χ3v) is 3.52. The van der Waals surface area contributed by atoms with Crippen LogP contribution in [0.25, 0.3) is 0 Å². The van der Waals surface area contributed by atoms with Gasteiger partial charge in [-0.05, 0) is 30.3 Å². The zero-order valence-electron chi connectivity index (χ0n) is 11.8. The van der Waals surface area contributed by atoms with E-state index in [4.69, 9.17) is 25.8 Å². The summed E-state index contributed by atoms with van der Waals surface area (Å²) < 4.78 is 16.2. The van der Waals surface area contributed by atoms with Crippen LogP contribution in [0.2, 0.25) is 5.02 Å². The van der Waals surface area contributed by atoms with E-state index in [2.05, 4.69) is 5.32 Å². The first-order valence-electron chi connectivity index (χ1n) is 6.70. The fraction of sp³-hybridized carbons (Fsp3) is 0.188. The molecule has 0 radical (unpaired) electrons. The standard InChI is InChI=1S/C16H14ClNO4/c1-20-12-7-6-10(8-11(12)17)18-16(19)15-9-21-13-4-2-3-5-14(13)22-15/h2-8,15H,9H2,1H3,(H,18,19). The number of carbonyl (C=O) groups excluding carboxylic acids is 1. The Hall–Kier alpha value is -2.40. The van der Waals surface area contributed by atoms with E-state index < -0.39 is 6.10 Å². The van der Waals surface area contributed by atoms with Crippen molar-refractivity contribution in [3.05, 3.63) is 47.5 Å². The maximum atomic E-state index is 12.3. The molecule has 1 heterocycles. The van der Waals surface area contributed by atoms with Gasteiger partial charge in [-0.15, -0.1) is 0 Å². The number of benzene rings is 2. The lowest BCUT2D eigenvalue weighted by Gasteiger charge is -2.25. The Morgan fingerprint density at radius 3 is 2.77 bits per heavy atom. The molecule has 0 bridgehead atoms. The minimum absolute atomic E-state index is 0.159. The van der Waals surface area contributed by atoms with Crippen molar-refractivity contribution in [2.75, 3.05) is 19.0 Å². The number of fused-ring (bicyclic) bond motifs is 1. The lowest BCUT2D eigenvalue weighted by molar-refractivity contribution is -0.125. The molecule has 0 aromatic heterocycles. The van der Waals surface area contributed by atoms with Gasteiger partial charge in [0.1, 0.15) is 12.4 Å². The molecule has 1 aliphatic rings. The zero-order valence-corrected chi connectivity index (χ0v) is 12.6. The molecule has 22 heavy (non-hydrogen) atoms. The second kappa shape index (κ2) is 6.15. The van der Waals surface area contributed by atoms with Crippen LogP contribution in [0.3, 0.4) is 0 Å². The molecular weight excluding hydrogens is 306 g/mol. The maximum Gasteiger partial charge on any atom is 0.269 e. The van der Waals surface area contributed by atoms with Crippen molar-refractivity contribution in [3.8, 4) is 17.2 Å². The maximum absolute atomic E-state index is 12.3. The Bertz CT molecular complexity index is 704. The number of hydrogen-bond acceptors (Lipinski definition) is 4. The largest absolute Gasteiger partial charge is 0.495 e. The molecule has 1 amide bonds. The van der Waals surface area contributed by atoms with Crippen molar-refractivity contribution < 1.29 is 19.0 Å². The number of hydrogen-bond donors (Lipinski definition) is 1. The van der Waals surface area contributed by atoms with Crippen LogP contribution in [-0.2, 0) is 4.79 Å². The van der Waals surface area contributed by atoms with Gasteiger partial charge in [0.2, 0.25) is 6.10 Å². The minimum atomic E-state index is -0.712. The number of ether oxygens (including phenoxy) is 3. The molecule has 5 nitrogen and oxygen atoms in total. The number of carbonyl (C=O) groups is 1. The molecule has 0 saturated carbocycles.